The van der Waals surface area contributed by atoms with Gasteiger partial charge in [0.15, 0.2) is 0 Å². The van der Waals surface area contributed by atoms with Crippen LogP contribution >= 0.6 is 141 Å². The van der Waals surface area contributed by atoms with Crippen LogP contribution in [-0.2, 0) is 21.6 Å². The lowest BCUT2D eigenvalue weighted by molar-refractivity contribution is 0.261. The lowest BCUT2D eigenvalue weighted by atomic mass is 11.0. The summed E-state index contributed by atoms with van der Waals surface area (Å²) in [6, 6.07) is 0. The SMILES string of the molecule is O=C(NCSCSC/N=C/S(=O)CSCSCO)SCCSCSCCS(=O)/C=N/CSCSCNC(=O)SCSCSCO. The van der Waals surface area contributed by atoms with Crippen LogP contribution < -0.4 is 10.6 Å². The van der Waals surface area contributed by atoms with Gasteiger partial charge in [-0.25, -0.2) is 0 Å². The summed E-state index contributed by atoms with van der Waals surface area (Å²) in [7, 11) is -2.16. The fraction of sp³-hybridized carbons (Fsp3) is 0.810. The number of aliphatic hydroxyl groups excluding tert-OH is 2. The number of hydrogen-bond donors (Lipinski definition) is 4. The van der Waals surface area contributed by atoms with E-state index in [1.54, 1.807) is 82.3 Å². The topological polar surface area (TPSA) is 158 Å². The largest absolute Gasteiger partial charge is 0.386 e. The van der Waals surface area contributed by atoms with Gasteiger partial charge in [-0.3, -0.25) is 28.0 Å². The van der Waals surface area contributed by atoms with Crippen molar-refractivity contribution in [2.75, 3.05) is 94.0 Å². The summed E-state index contributed by atoms with van der Waals surface area (Å²) in [6.07, 6.45) is 0. The molecule has 0 aromatic rings. The zero-order valence-electron chi connectivity index (χ0n) is 24.3. The van der Waals surface area contributed by atoms with Gasteiger partial charge in [0.05, 0.1) is 73.2 Å². The molecule has 0 radical (unpaired) electrons. The molecule has 2 unspecified atom stereocenters. The molecule has 0 aromatic carbocycles. The number of aliphatic imine (C=N–C) groups is 2. The molecule has 45 heavy (non-hydrogen) atoms. The van der Waals surface area contributed by atoms with Crippen molar-refractivity contribution in [3.05, 3.63) is 0 Å². The van der Waals surface area contributed by atoms with Crippen molar-refractivity contribution in [3.8, 4) is 0 Å². The summed E-state index contributed by atoms with van der Waals surface area (Å²) in [5.41, 5.74) is 2.99. The first kappa shape index (κ1) is 47.7. The average molecular weight is 894 g/mol. The highest BCUT2D eigenvalue weighted by Crippen LogP contribution is 2.19. The first-order chi connectivity index (χ1) is 22.0. The number of nitrogens with one attached hydrogen (secondary N) is 2. The third kappa shape index (κ3) is 39.3. The number of hydrogen-bond acceptors (Lipinski definition) is 20. The summed E-state index contributed by atoms with van der Waals surface area (Å²) in [6.45, 7) is 0. The molecule has 10 nitrogen and oxygen atoms in total. The molecule has 0 fully saturated rings. The molecule has 264 valence electrons. The lowest BCUT2D eigenvalue weighted by Gasteiger charge is -2.04. The second-order valence-corrected chi connectivity index (χ2v) is 24.2. The van der Waals surface area contributed by atoms with Crippen LogP contribution in [0.1, 0.15) is 0 Å². The van der Waals surface area contributed by atoms with Gasteiger partial charge in [0.25, 0.3) is 10.5 Å². The Morgan fingerprint density at radius 1 is 0.578 bits per heavy atom. The Kier molecular flexibility index (Phi) is 41.9. The molecular formula is C21H40N4O6S14. The van der Waals surface area contributed by atoms with Crippen molar-refractivity contribution in [3.63, 3.8) is 0 Å². The predicted molar refractivity (Wildman–Crippen MR) is 229 cm³/mol. The number of rotatable bonds is 32. The maximum Gasteiger partial charge on any atom is 0.280 e. The zero-order chi connectivity index (χ0) is 33.1. The third-order valence-electron chi connectivity index (χ3n) is 3.73. The van der Waals surface area contributed by atoms with Crippen LogP contribution in [0.15, 0.2) is 9.98 Å². The fourth-order valence-electron chi connectivity index (χ4n) is 1.96. The number of aliphatic hydroxyl groups is 2. The molecular weight excluding hydrogens is 853 g/mol. The van der Waals surface area contributed by atoms with Crippen molar-refractivity contribution in [1.82, 2.24) is 10.6 Å². The van der Waals surface area contributed by atoms with Gasteiger partial charge in [0.1, 0.15) is 0 Å². The standard InChI is InChI=1S/C21H40N4O6S14/c26-11-38-16-40-18-43-21(29)25-8-37-14-34-5-22-9-44(30)4-3-33-13-32-1-2-42-20(28)24-7-36-15-35-6-23-10-45(31)19-41-17-39-12-27/h9-10,26-27H,1-8,11-19H2,(H,24,28)(H,25,29)/b22-9+,23-10+. The Balaban J connectivity index is 3.45. The quantitative estimate of drug-likeness (QED) is 0.0262. The number of amides is 2. The molecule has 0 aromatic heterocycles. The van der Waals surface area contributed by atoms with Crippen molar-refractivity contribution >= 4 is 184 Å². The Labute approximate surface area is 323 Å². The van der Waals surface area contributed by atoms with E-state index in [1.165, 1.54) is 69.9 Å². The van der Waals surface area contributed by atoms with Gasteiger partial charge in [-0.1, -0.05) is 23.5 Å². The second-order valence-electron chi connectivity index (χ2n) is 7.04. The molecule has 24 heteroatoms. The third-order valence-corrected chi connectivity index (χ3v) is 19.0. The van der Waals surface area contributed by atoms with Gasteiger partial charge in [-0.2, -0.15) is 23.5 Å². The van der Waals surface area contributed by atoms with E-state index < -0.39 is 21.6 Å². The molecule has 0 aliphatic heterocycles. The second kappa shape index (κ2) is 39.5. The van der Waals surface area contributed by atoms with Crippen LogP contribution in [0.25, 0.3) is 0 Å². The molecule has 0 aliphatic rings. The van der Waals surface area contributed by atoms with E-state index in [0.717, 1.165) is 37.6 Å². The summed E-state index contributed by atoms with van der Waals surface area (Å²) in [4.78, 5) is 31.9. The van der Waals surface area contributed by atoms with Gasteiger partial charge in [0.2, 0.25) is 0 Å². The zero-order valence-corrected chi connectivity index (χ0v) is 35.7. The Bertz CT molecular complexity index is 837. The van der Waals surface area contributed by atoms with Crippen LogP contribution in [0.3, 0.4) is 0 Å². The summed E-state index contributed by atoms with van der Waals surface area (Å²) < 4.78 is 23.7. The molecule has 2 amide bonds. The highest BCUT2D eigenvalue weighted by atomic mass is 32.3. The summed E-state index contributed by atoms with van der Waals surface area (Å²) >= 11 is 18.3. The lowest BCUT2D eigenvalue weighted by Crippen LogP contribution is -2.18. The monoisotopic (exact) mass is 892 g/mol. The van der Waals surface area contributed by atoms with E-state index >= 15 is 0 Å². The average Bonchev–Trinajstić information content (AvgIpc) is 3.03. The van der Waals surface area contributed by atoms with E-state index in [0.29, 0.717) is 44.5 Å². The van der Waals surface area contributed by atoms with Crippen LogP contribution in [0.5, 0.6) is 0 Å². The Hall–Kier alpha value is 2.70. The van der Waals surface area contributed by atoms with Gasteiger partial charge in [0, 0.05) is 53.5 Å². The molecule has 0 aliphatic carbocycles. The molecule has 0 heterocycles. The minimum Gasteiger partial charge on any atom is -0.386 e. The molecule has 0 saturated carbocycles. The van der Waals surface area contributed by atoms with Crippen molar-refractivity contribution < 1.29 is 28.2 Å². The van der Waals surface area contributed by atoms with E-state index in [9.17, 15) is 18.0 Å². The Morgan fingerprint density at radius 2 is 1.11 bits per heavy atom. The molecule has 4 N–H and O–H groups in total. The maximum absolute atomic E-state index is 12.0. The number of carbonyl (C=O) groups is 2. The van der Waals surface area contributed by atoms with Gasteiger partial charge < -0.3 is 20.8 Å². The van der Waals surface area contributed by atoms with Crippen molar-refractivity contribution in [2.45, 2.75) is 0 Å². The van der Waals surface area contributed by atoms with E-state index in [-0.39, 0.29) is 22.4 Å². The predicted octanol–water partition coefficient (Wildman–Crippen LogP) is 6.19. The number of carbonyl (C=O) groups excluding carboxylic acids is 2. The minimum absolute atomic E-state index is 0.0286. The van der Waals surface area contributed by atoms with Crippen molar-refractivity contribution in [1.29, 1.82) is 0 Å². The molecule has 2 atom stereocenters. The van der Waals surface area contributed by atoms with Gasteiger partial charge in [-0.15, -0.1) is 94.1 Å². The van der Waals surface area contributed by atoms with E-state index in [2.05, 4.69) is 20.6 Å². The van der Waals surface area contributed by atoms with Gasteiger partial charge in [-0.05, 0) is 0 Å². The minimum atomic E-state index is -1.09. The highest BCUT2D eigenvalue weighted by molar-refractivity contribution is 8.27. The normalized spacial score (nSPS) is 13.0. The number of nitrogens with zero attached hydrogens (tertiary/aromatic N) is 2. The van der Waals surface area contributed by atoms with Crippen LogP contribution in [-0.4, -0.2) is 134 Å². The maximum atomic E-state index is 12.0. The van der Waals surface area contributed by atoms with Crippen molar-refractivity contribution in [2.24, 2.45) is 9.98 Å². The van der Waals surface area contributed by atoms with Crippen LogP contribution in [0.2, 0.25) is 0 Å². The summed E-state index contributed by atoms with van der Waals surface area (Å²) in [5.74, 6) is 5.31. The molecule has 0 spiro atoms. The molecule has 0 bridgehead atoms. The molecule has 0 rings (SSSR count). The molecule has 0 saturated heterocycles. The summed E-state index contributed by atoms with van der Waals surface area (Å²) in [5, 5.41) is 28.1. The van der Waals surface area contributed by atoms with Gasteiger partial charge >= 0.3 is 0 Å². The van der Waals surface area contributed by atoms with E-state index in [1.807, 2.05) is 0 Å². The van der Waals surface area contributed by atoms with E-state index in [4.69, 9.17) is 10.2 Å². The number of thioether (sulfide) groups is 12. The highest BCUT2D eigenvalue weighted by Gasteiger charge is 2.03. The first-order valence-corrected chi connectivity index (χ1v) is 28.8. The smallest absolute Gasteiger partial charge is 0.280 e. The Morgan fingerprint density at radius 3 is 1.76 bits per heavy atom. The van der Waals surface area contributed by atoms with Crippen LogP contribution in [0.4, 0.5) is 9.59 Å². The fourth-order valence-corrected chi connectivity index (χ4v) is 14.8. The van der Waals surface area contributed by atoms with Crippen LogP contribution in [0, 0.1) is 0 Å². The first-order valence-electron chi connectivity index (χ1n) is 12.5.